The number of Topliss-reactive ketones (excluding diaryl/α,β-unsaturated/α-hetero) is 1. The summed E-state index contributed by atoms with van der Waals surface area (Å²) in [7, 11) is 0. The van der Waals surface area contributed by atoms with Gasteiger partial charge in [-0.25, -0.2) is 9.18 Å². The first-order chi connectivity index (χ1) is 17.3. The molecule has 2 aliphatic heterocycles. The summed E-state index contributed by atoms with van der Waals surface area (Å²) in [5.74, 6) is -0.185. The van der Waals surface area contributed by atoms with Crippen molar-refractivity contribution in [1.29, 1.82) is 0 Å². The van der Waals surface area contributed by atoms with Crippen LogP contribution in [0.4, 0.5) is 20.6 Å². The van der Waals surface area contributed by atoms with Gasteiger partial charge in [0.2, 0.25) is 5.91 Å². The lowest BCUT2D eigenvalue weighted by Gasteiger charge is -2.20. The van der Waals surface area contributed by atoms with Gasteiger partial charge in [-0.3, -0.25) is 14.5 Å². The summed E-state index contributed by atoms with van der Waals surface area (Å²) in [4.78, 5) is 40.4. The van der Waals surface area contributed by atoms with Crippen LogP contribution in [-0.4, -0.2) is 50.1 Å². The number of nitrogens with zero attached hydrogens (tertiary/aromatic N) is 2. The minimum atomic E-state index is -0.571. The van der Waals surface area contributed by atoms with Crippen molar-refractivity contribution in [3.63, 3.8) is 0 Å². The van der Waals surface area contributed by atoms with Crippen LogP contribution in [0.1, 0.15) is 55.5 Å². The van der Waals surface area contributed by atoms with Crippen molar-refractivity contribution < 1.29 is 23.5 Å². The van der Waals surface area contributed by atoms with E-state index in [1.807, 2.05) is 29.2 Å². The fraction of sp³-hybridized carbons (Fsp3) is 0.464. The summed E-state index contributed by atoms with van der Waals surface area (Å²) in [5, 5.41) is 2.74. The van der Waals surface area contributed by atoms with Crippen LogP contribution in [-0.2, 0) is 16.0 Å². The standard InChI is InChI=1S/C28H34FN3O4/c1-19(2)15-20-5-7-21(8-6-20)26(33)11-12-27(34)30-17-23-18-32(28(35)36-23)22-9-10-25(24(29)16-22)31-13-3-4-14-31/h5-10,16,19,23H,3-4,11-15,17-18H2,1-2H3,(H,30,34)/t23-/m0/s1. The Hall–Kier alpha value is -3.42. The molecule has 2 amide bonds. The third kappa shape index (κ3) is 6.42. The molecule has 7 nitrogen and oxygen atoms in total. The van der Waals surface area contributed by atoms with Gasteiger partial charge in [-0.1, -0.05) is 38.1 Å². The van der Waals surface area contributed by atoms with Gasteiger partial charge in [-0.15, -0.1) is 0 Å². The maximum absolute atomic E-state index is 14.7. The fourth-order valence-electron chi connectivity index (χ4n) is 4.70. The summed E-state index contributed by atoms with van der Waals surface area (Å²) in [5.41, 5.74) is 2.76. The number of halogens is 1. The van der Waals surface area contributed by atoms with E-state index in [1.165, 1.54) is 16.5 Å². The highest BCUT2D eigenvalue weighted by Gasteiger charge is 2.33. The molecule has 0 spiro atoms. The molecule has 4 rings (SSSR count). The first-order valence-corrected chi connectivity index (χ1v) is 12.7. The summed E-state index contributed by atoms with van der Waals surface area (Å²) in [6, 6.07) is 12.3. The Kier molecular flexibility index (Phi) is 8.23. The van der Waals surface area contributed by atoms with Gasteiger partial charge in [0.05, 0.1) is 24.5 Å². The maximum Gasteiger partial charge on any atom is 0.414 e. The van der Waals surface area contributed by atoms with E-state index in [0.717, 1.165) is 32.4 Å². The van der Waals surface area contributed by atoms with Gasteiger partial charge in [0.25, 0.3) is 0 Å². The molecule has 2 saturated heterocycles. The highest BCUT2D eigenvalue weighted by Crippen LogP contribution is 2.29. The molecular formula is C28H34FN3O4. The Morgan fingerprint density at radius 2 is 1.81 bits per heavy atom. The molecule has 2 aromatic rings. The molecule has 0 radical (unpaired) electrons. The Labute approximate surface area is 211 Å². The van der Waals surface area contributed by atoms with Gasteiger partial charge in [-0.2, -0.15) is 0 Å². The predicted octanol–water partition coefficient (Wildman–Crippen LogP) is 4.73. The zero-order chi connectivity index (χ0) is 25.7. The van der Waals surface area contributed by atoms with Crippen LogP contribution in [0.25, 0.3) is 0 Å². The van der Waals surface area contributed by atoms with E-state index in [-0.39, 0.29) is 43.4 Å². The van der Waals surface area contributed by atoms with Crippen LogP contribution in [0.15, 0.2) is 42.5 Å². The van der Waals surface area contributed by atoms with Gasteiger partial charge in [0, 0.05) is 31.5 Å². The zero-order valence-corrected chi connectivity index (χ0v) is 21.0. The number of nitrogens with one attached hydrogen (secondary N) is 1. The number of carbonyl (C=O) groups excluding carboxylic acids is 3. The highest BCUT2D eigenvalue weighted by molar-refractivity contribution is 5.98. The molecule has 2 aromatic carbocycles. The van der Waals surface area contributed by atoms with Crippen molar-refractivity contribution in [2.24, 2.45) is 5.92 Å². The minimum Gasteiger partial charge on any atom is -0.442 e. The molecule has 2 aliphatic rings. The number of benzene rings is 2. The molecule has 0 aliphatic carbocycles. The number of hydrogen-bond acceptors (Lipinski definition) is 5. The molecule has 36 heavy (non-hydrogen) atoms. The van der Waals surface area contributed by atoms with Crippen molar-refractivity contribution in [2.45, 2.75) is 52.1 Å². The van der Waals surface area contributed by atoms with E-state index in [1.54, 1.807) is 12.1 Å². The second-order valence-corrected chi connectivity index (χ2v) is 9.97. The number of ether oxygens (including phenoxy) is 1. The van der Waals surface area contributed by atoms with E-state index in [2.05, 4.69) is 19.2 Å². The van der Waals surface area contributed by atoms with Crippen molar-refractivity contribution in [3.05, 3.63) is 59.4 Å². The van der Waals surface area contributed by atoms with Crippen LogP contribution in [0, 0.1) is 11.7 Å². The lowest BCUT2D eigenvalue weighted by molar-refractivity contribution is -0.121. The zero-order valence-electron chi connectivity index (χ0n) is 21.0. The monoisotopic (exact) mass is 495 g/mol. The molecule has 0 aromatic heterocycles. The number of anilines is 2. The minimum absolute atomic E-state index is 0.0557. The Balaban J connectivity index is 1.22. The van der Waals surface area contributed by atoms with Crippen LogP contribution in [0.2, 0.25) is 0 Å². The van der Waals surface area contributed by atoms with E-state index in [4.69, 9.17) is 4.74 Å². The Morgan fingerprint density at radius 3 is 2.47 bits per heavy atom. The van der Waals surface area contributed by atoms with Crippen molar-refractivity contribution in [1.82, 2.24) is 5.32 Å². The van der Waals surface area contributed by atoms with Gasteiger partial charge in [0.15, 0.2) is 5.78 Å². The molecule has 1 atom stereocenters. The summed E-state index contributed by atoms with van der Waals surface area (Å²) in [6.07, 6.45) is 2.10. The number of ketones is 1. The molecule has 0 saturated carbocycles. The van der Waals surface area contributed by atoms with Crippen LogP contribution in [0.3, 0.4) is 0 Å². The molecule has 2 heterocycles. The largest absolute Gasteiger partial charge is 0.442 e. The quantitative estimate of drug-likeness (QED) is 0.482. The normalized spacial score (nSPS) is 17.6. The van der Waals surface area contributed by atoms with Gasteiger partial charge >= 0.3 is 6.09 Å². The van der Waals surface area contributed by atoms with Gasteiger partial charge in [0.1, 0.15) is 11.9 Å². The highest BCUT2D eigenvalue weighted by atomic mass is 19.1. The first kappa shape index (κ1) is 25.7. The summed E-state index contributed by atoms with van der Waals surface area (Å²) >= 11 is 0. The molecule has 0 unspecified atom stereocenters. The van der Waals surface area contributed by atoms with Crippen molar-refractivity contribution >= 4 is 29.2 Å². The van der Waals surface area contributed by atoms with Gasteiger partial charge < -0.3 is 15.0 Å². The van der Waals surface area contributed by atoms with Crippen LogP contribution >= 0.6 is 0 Å². The van der Waals surface area contributed by atoms with E-state index < -0.39 is 12.2 Å². The Morgan fingerprint density at radius 1 is 1.08 bits per heavy atom. The maximum atomic E-state index is 14.7. The van der Waals surface area contributed by atoms with E-state index in [0.29, 0.717) is 22.9 Å². The molecular weight excluding hydrogens is 461 g/mol. The average molecular weight is 496 g/mol. The van der Waals surface area contributed by atoms with Gasteiger partial charge in [-0.05, 0) is 48.9 Å². The van der Waals surface area contributed by atoms with Crippen LogP contribution in [0.5, 0.6) is 0 Å². The molecule has 8 heteroatoms. The van der Waals surface area contributed by atoms with E-state index >= 15 is 0 Å². The average Bonchev–Trinajstić information content (AvgIpc) is 3.51. The number of hydrogen-bond donors (Lipinski definition) is 1. The third-order valence-electron chi connectivity index (χ3n) is 6.59. The second-order valence-electron chi connectivity index (χ2n) is 9.97. The number of rotatable bonds is 10. The second kappa shape index (κ2) is 11.5. The van der Waals surface area contributed by atoms with Crippen molar-refractivity contribution in [2.75, 3.05) is 36.0 Å². The van der Waals surface area contributed by atoms with E-state index in [9.17, 15) is 18.8 Å². The summed E-state index contributed by atoms with van der Waals surface area (Å²) in [6.45, 7) is 6.30. The first-order valence-electron chi connectivity index (χ1n) is 12.7. The molecule has 1 N–H and O–H groups in total. The molecule has 192 valence electrons. The number of carbonyl (C=O) groups is 3. The smallest absolute Gasteiger partial charge is 0.414 e. The van der Waals surface area contributed by atoms with Crippen molar-refractivity contribution in [3.8, 4) is 0 Å². The fourth-order valence-corrected chi connectivity index (χ4v) is 4.70. The SMILES string of the molecule is CC(C)Cc1ccc(C(=O)CCC(=O)NC[C@H]2CN(c3ccc(N4CCCC4)c(F)c3)C(=O)O2)cc1. The van der Waals surface area contributed by atoms with Crippen LogP contribution < -0.4 is 15.1 Å². The predicted molar refractivity (Wildman–Crippen MR) is 137 cm³/mol. The Bertz CT molecular complexity index is 1100. The topological polar surface area (TPSA) is 79.0 Å². The third-order valence-corrected chi connectivity index (χ3v) is 6.59. The summed E-state index contributed by atoms with van der Waals surface area (Å²) < 4.78 is 20.0. The lowest BCUT2D eigenvalue weighted by Crippen LogP contribution is -2.34. The lowest BCUT2D eigenvalue weighted by atomic mass is 9.99. The molecule has 0 bridgehead atoms. The molecule has 2 fully saturated rings. The number of cyclic esters (lactones) is 1. The number of amides is 2.